The number of likely N-dealkylation sites (N-methyl/N-ethyl adjacent to an activating group) is 1. The number of nitrogens with one attached hydrogen (secondary N) is 2. The lowest BCUT2D eigenvalue weighted by Crippen LogP contribution is -2.49. The molecule has 1 aliphatic rings. The van der Waals surface area contributed by atoms with Crippen molar-refractivity contribution < 1.29 is 4.79 Å². The Morgan fingerprint density at radius 3 is 3.05 bits per heavy atom. The molecule has 0 spiro atoms. The number of nitrogen functional groups attached to an aromatic ring is 1. The fourth-order valence-corrected chi connectivity index (χ4v) is 2.67. The molecule has 1 aliphatic heterocycles. The highest BCUT2D eigenvalue weighted by Crippen LogP contribution is 2.30. The van der Waals surface area contributed by atoms with E-state index >= 15 is 0 Å². The molecule has 0 saturated carbocycles. The van der Waals surface area contributed by atoms with Gasteiger partial charge in [0.2, 0.25) is 11.9 Å². The van der Waals surface area contributed by atoms with Crippen LogP contribution in [0.15, 0.2) is 10.7 Å². The lowest BCUT2D eigenvalue weighted by Gasteiger charge is -2.35. The minimum absolute atomic E-state index is 0.00692. The molecule has 0 radical (unpaired) electrons. The second-order valence-corrected chi connectivity index (χ2v) is 5.18. The quantitative estimate of drug-likeness (QED) is 0.556. The smallest absolute Gasteiger partial charge is 0.242 e. The van der Waals surface area contributed by atoms with Crippen LogP contribution in [0.3, 0.4) is 0 Å². The number of aromatic nitrogens is 2. The number of amides is 1. The largest absolute Gasteiger partial charge is 0.357 e. The molecule has 1 amide bonds. The predicted molar refractivity (Wildman–Crippen MR) is 76.6 cm³/mol. The first-order valence-electron chi connectivity index (χ1n) is 6.14. The standard InChI is InChI=1S/C11H17BrN6O/c1-14-10(19)8-4-2-3-5-18(8)9-7(12)6-15-11(16-9)17-13/h6,8H,2-5,13H2,1H3,(H,14,19)(H,15,16,17). The van der Waals surface area contributed by atoms with Crippen molar-refractivity contribution in [1.29, 1.82) is 0 Å². The number of carbonyl (C=O) groups is 1. The molecule has 7 nitrogen and oxygen atoms in total. The van der Waals surface area contributed by atoms with Crippen molar-refractivity contribution in [1.82, 2.24) is 15.3 Å². The van der Waals surface area contributed by atoms with Crippen molar-refractivity contribution in [2.45, 2.75) is 25.3 Å². The highest BCUT2D eigenvalue weighted by atomic mass is 79.9. The number of piperidine rings is 1. The summed E-state index contributed by atoms with van der Waals surface area (Å²) < 4.78 is 0.752. The summed E-state index contributed by atoms with van der Waals surface area (Å²) in [6.07, 6.45) is 4.53. The SMILES string of the molecule is CNC(=O)C1CCCCN1c1nc(NN)ncc1Br. The Morgan fingerprint density at radius 1 is 1.58 bits per heavy atom. The van der Waals surface area contributed by atoms with Crippen molar-refractivity contribution in [2.24, 2.45) is 5.84 Å². The molecule has 1 unspecified atom stereocenters. The molecule has 0 aliphatic carbocycles. The molecule has 1 aromatic heterocycles. The summed E-state index contributed by atoms with van der Waals surface area (Å²) in [4.78, 5) is 22.3. The van der Waals surface area contributed by atoms with E-state index in [0.717, 1.165) is 30.3 Å². The molecule has 0 aromatic carbocycles. The topological polar surface area (TPSA) is 96.2 Å². The number of hydrogen-bond donors (Lipinski definition) is 3. The van der Waals surface area contributed by atoms with Crippen molar-refractivity contribution in [2.75, 3.05) is 23.9 Å². The maximum Gasteiger partial charge on any atom is 0.242 e. The fourth-order valence-electron chi connectivity index (χ4n) is 2.25. The zero-order valence-electron chi connectivity index (χ0n) is 10.7. The summed E-state index contributed by atoms with van der Waals surface area (Å²) in [6, 6.07) is -0.199. The van der Waals surface area contributed by atoms with Gasteiger partial charge in [-0.2, -0.15) is 4.98 Å². The highest BCUT2D eigenvalue weighted by molar-refractivity contribution is 9.10. The number of anilines is 2. The summed E-state index contributed by atoms with van der Waals surface area (Å²) in [5.74, 6) is 6.36. The van der Waals surface area contributed by atoms with E-state index in [9.17, 15) is 4.79 Å². The number of rotatable bonds is 3. The Hall–Kier alpha value is -1.41. The average Bonchev–Trinajstić information content (AvgIpc) is 2.47. The van der Waals surface area contributed by atoms with Crippen molar-refractivity contribution >= 4 is 33.6 Å². The van der Waals surface area contributed by atoms with Crippen LogP contribution in [0.4, 0.5) is 11.8 Å². The van der Waals surface area contributed by atoms with Gasteiger partial charge in [0, 0.05) is 19.8 Å². The van der Waals surface area contributed by atoms with E-state index in [4.69, 9.17) is 5.84 Å². The fraction of sp³-hybridized carbons (Fsp3) is 0.545. The molecule has 19 heavy (non-hydrogen) atoms. The minimum atomic E-state index is -0.199. The maximum absolute atomic E-state index is 12.0. The normalized spacial score (nSPS) is 19.1. The first kappa shape index (κ1) is 14.0. The summed E-state index contributed by atoms with van der Waals surface area (Å²) in [5, 5.41) is 2.70. The predicted octanol–water partition coefficient (Wildman–Crippen LogP) is 0.630. The molecular formula is C11H17BrN6O. The number of halogens is 1. The van der Waals surface area contributed by atoms with Gasteiger partial charge < -0.3 is 10.2 Å². The van der Waals surface area contributed by atoms with Crippen LogP contribution in [-0.2, 0) is 4.79 Å². The Kier molecular flexibility index (Phi) is 4.54. The van der Waals surface area contributed by atoms with Crippen LogP contribution >= 0.6 is 15.9 Å². The second kappa shape index (κ2) is 6.16. The summed E-state index contributed by atoms with van der Waals surface area (Å²) in [7, 11) is 1.65. The number of nitrogens with two attached hydrogens (primary N) is 1. The van der Waals surface area contributed by atoms with Gasteiger partial charge in [-0.05, 0) is 35.2 Å². The Labute approximate surface area is 120 Å². The number of carbonyl (C=O) groups excluding carboxylic acids is 1. The molecule has 1 fully saturated rings. The molecule has 1 atom stereocenters. The first-order chi connectivity index (χ1) is 9.17. The van der Waals surface area contributed by atoms with E-state index in [-0.39, 0.29) is 11.9 Å². The van der Waals surface area contributed by atoms with Crippen molar-refractivity contribution in [3.8, 4) is 0 Å². The Bertz CT molecular complexity index is 468. The van der Waals surface area contributed by atoms with Crippen LogP contribution in [0.5, 0.6) is 0 Å². The van der Waals surface area contributed by atoms with Gasteiger partial charge in [-0.1, -0.05) is 0 Å². The zero-order chi connectivity index (χ0) is 13.8. The third-order valence-electron chi connectivity index (χ3n) is 3.18. The molecule has 2 heterocycles. The first-order valence-corrected chi connectivity index (χ1v) is 6.94. The van der Waals surface area contributed by atoms with Gasteiger partial charge in [0.25, 0.3) is 0 Å². The van der Waals surface area contributed by atoms with E-state index < -0.39 is 0 Å². The van der Waals surface area contributed by atoms with E-state index in [2.05, 4.69) is 36.6 Å². The molecule has 104 valence electrons. The van der Waals surface area contributed by atoms with Crippen LogP contribution in [-0.4, -0.2) is 35.5 Å². The third-order valence-corrected chi connectivity index (χ3v) is 3.74. The lowest BCUT2D eigenvalue weighted by atomic mass is 10.0. The van der Waals surface area contributed by atoms with Crippen LogP contribution in [0.25, 0.3) is 0 Å². The van der Waals surface area contributed by atoms with Gasteiger partial charge in [-0.3, -0.25) is 10.2 Å². The number of nitrogens with zero attached hydrogens (tertiary/aromatic N) is 3. The molecular weight excluding hydrogens is 312 g/mol. The summed E-state index contributed by atoms with van der Waals surface area (Å²) in [5.41, 5.74) is 2.42. The Balaban J connectivity index is 2.34. The van der Waals surface area contributed by atoms with Crippen LogP contribution in [0.2, 0.25) is 0 Å². The molecule has 4 N–H and O–H groups in total. The van der Waals surface area contributed by atoms with Crippen molar-refractivity contribution in [3.63, 3.8) is 0 Å². The van der Waals surface area contributed by atoms with Gasteiger partial charge in [0.1, 0.15) is 11.9 Å². The van der Waals surface area contributed by atoms with E-state index in [1.54, 1.807) is 13.2 Å². The molecule has 1 saturated heterocycles. The average molecular weight is 329 g/mol. The summed E-state index contributed by atoms with van der Waals surface area (Å²) in [6.45, 7) is 0.789. The van der Waals surface area contributed by atoms with Crippen LogP contribution in [0.1, 0.15) is 19.3 Å². The molecule has 8 heteroatoms. The third kappa shape index (κ3) is 2.95. The monoisotopic (exact) mass is 328 g/mol. The van der Waals surface area contributed by atoms with Gasteiger partial charge >= 0.3 is 0 Å². The number of hydrazine groups is 1. The van der Waals surface area contributed by atoms with Gasteiger partial charge in [-0.25, -0.2) is 10.8 Å². The van der Waals surface area contributed by atoms with Crippen molar-refractivity contribution in [3.05, 3.63) is 10.7 Å². The molecule has 0 bridgehead atoms. The van der Waals surface area contributed by atoms with Gasteiger partial charge in [0.15, 0.2) is 0 Å². The van der Waals surface area contributed by atoms with E-state index in [1.807, 2.05) is 4.90 Å². The number of hydrogen-bond acceptors (Lipinski definition) is 6. The highest BCUT2D eigenvalue weighted by Gasteiger charge is 2.30. The second-order valence-electron chi connectivity index (χ2n) is 4.33. The molecule has 2 rings (SSSR count). The summed E-state index contributed by atoms with van der Waals surface area (Å²) >= 11 is 3.43. The minimum Gasteiger partial charge on any atom is -0.357 e. The van der Waals surface area contributed by atoms with Gasteiger partial charge in [0.05, 0.1) is 4.47 Å². The van der Waals surface area contributed by atoms with Crippen LogP contribution in [0, 0.1) is 0 Å². The maximum atomic E-state index is 12.0. The lowest BCUT2D eigenvalue weighted by molar-refractivity contribution is -0.122. The zero-order valence-corrected chi connectivity index (χ0v) is 12.3. The van der Waals surface area contributed by atoms with Crippen LogP contribution < -0.4 is 21.5 Å². The molecule has 1 aromatic rings. The van der Waals surface area contributed by atoms with E-state index in [1.165, 1.54) is 0 Å². The van der Waals surface area contributed by atoms with E-state index in [0.29, 0.717) is 11.8 Å². The Morgan fingerprint density at radius 2 is 2.37 bits per heavy atom. The van der Waals surface area contributed by atoms with Gasteiger partial charge in [-0.15, -0.1) is 0 Å².